The Balaban J connectivity index is 2.36. The molecule has 7 heteroatoms. The van der Waals surface area contributed by atoms with Crippen molar-refractivity contribution in [1.29, 1.82) is 0 Å². The Morgan fingerprint density at radius 2 is 1.56 bits per heavy atom. The number of nitrogens with one attached hydrogen (secondary N) is 2. The molecule has 2 aromatic rings. The number of hydrogen-bond donors (Lipinski definition) is 2. The minimum absolute atomic E-state index is 0.130. The van der Waals surface area contributed by atoms with Crippen LogP contribution in [-0.2, 0) is 12.6 Å². The van der Waals surface area contributed by atoms with Gasteiger partial charge in [-0.3, -0.25) is 5.32 Å². The normalized spacial score (nSPS) is 13.2. The summed E-state index contributed by atoms with van der Waals surface area (Å²) in [5.74, 6) is -0.320. The molecule has 2 aromatic carbocycles. The van der Waals surface area contributed by atoms with Gasteiger partial charge in [-0.1, -0.05) is 54.8 Å². The summed E-state index contributed by atoms with van der Waals surface area (Å²) in [6.45, 7) is 14.1. The van der Waals surface area contributed by atoms with Gasteiger partial charge in [-0.15, -0.1) is 0 Å². The minimum Gasteiger partial charge on any atom is -0.390 e. The predicted molar refractivity (Wildman–Crippen MR) is 135 cm³/mol. The lowest BCUT2D eigenvalue weighted by Gasteiger charge is -2.30. The zero-order chi connectivity index (χ0) is 25.5. The van der Waals surface area contributed by atoms with Crippen molar-refractivity contribution in [3.8, 4) is 0 Å². The van der Waals surface area contributed by atoms with Gasteiger partial charge in [0.15, 0.2) is 0 Å². The van der Waals surface area contributed by atoms with Crippen LogP contribution in [0.25, 0.3) is 0 Å². The van der Waals surface area contributed by atoms with Crippen LogP contribution in [0.1, 0.15) is 49.9 Å². The summed E-state index contributed by atoms with van der Waals surface area (Å²) in [6.07, 6.45) is -3.14. The number of likely N-dealkylation sites (N-methyl/N-ethyl adjacent to an activating group) is 1. The van der Waals surface area contributed by atoms with Gasteiger partial charge in [0.05, 0.1) is 11.6 Å². The molecule has 0 aliphatic carbocycles. The SMILES string of the molecule is C=C(C)SC(=C(C)C)[C@H](CCc1ccc(C(F)(F)F)cc1)N[C@@H](C(=C)NC)c1ccc(F)cc1. The molecule has 0 heterocycles. The van der Waals surface area contributed by atoms with Crippen molar-refractivity contribution in [3.63, 3.8) is 0 Å². The molecule has 0 fully saturated rings. The van der Waals surface area contributed by atoms with Gasteiger partial charge < -0.3 is 5.32 Å². The number of benzene rings is 2. The summed E-state index contributed by atoms with van der Waals surface area (Å²) < 4.78 is 52.3. The van der Waals surface area contributed by atoms with Gasteiger partial charge >= 0.3 is 6.18 Å². The van der Waals surface area contributed by atoms with Crippen LogP contribution in [0.2, 0.25) is 0 Å². The Bertz CT molecular complexity index is 1000. The number of hydrogen-bond acceptors (Lipinski definition) is 3. The average Bonchev–Trinajstić information content (AvgIpc) is 2.77. The smallest absolute Gasteiger partial charge is 0.390 e. The third kappa shape index (κ3) is 8.06. The van der Waals surface area contributed by atoms with Crippen molar-refractivity contribution >= 4 is 11.8 Å². The first-order valence-electron chi connectivity index (χ1n) is 11.0. The van der Waals surface area contributed by atoms with Crippen LogP contribution < -0.4 is 10.6 Å². The van der Waals surface area contributed by atoms with E-state index in [9.17, 15) is 17.6 Å². The standard InChI is InChI=1S/C27H32F4N2S/c1-17(2)26(34-18(3)4)24(16-9-20-7-12-22(13-8-20)27(29,30)31)33-25(19(5)32-6)21-10-14-23(28)15-11-21/h7-8,10-15,24-25,32-33H,3,5,9,16H2,1-2,4,6H3/t24-,25-/m0/s1. The molecular weight excluding hydrogens is 460 g/mol. The maximum Gasteiger partial charge on any atom is 0.416 e. The average molecular weight is 493 g/mol. The Morgan fingerprint density at radius 1 is 0.971 bits per heavy atom. The van der Waals surface area contributed by atoms with Crippen LogP contribution in [0, 0.1) is 5.82 Å². The molecule has 0 aliphatic heterocycles. The van der Waals surface area contributed by atoms with Crippen LogP contribution in [0.15, 0.2) is 82.8 Å². The van der Waals surface area contributed by atoms with E-state index in [1.165, 1.54) is 24.3 Å². The van der Waals surface area contributed by atoms with E-state index >= 15 is 0 Å². The molecule has 0 unspecified atom stereocenters. The number of alkyl halides is 3. The maximum atomic E-state index is 13.5. The monoisotopic (exact) mass is 492 g/mol. The van der Waals surface area contributed by atoms with Gasteiger partial charge in [0.2, 0.25) is 0 Å². The topological polar surface area (TPSA) is 24.1 Å². The first-order valence-corrected chi connectivity index (χ1v) is 11.8. The number of rotatable bonds is 11. The lowest BCUT2D eigenvalue weighted by Crippen LogP contribution is -2.37. The first-order chi connectivity index (χ1) is 15.9. The van der Waals surface area contributed by atoms with E-state index in [2.05, 4.69) is 23.8 Å². The third-order valence-corrected chi connectivity index (χ3v) is 6.60. The zero-order valence-electron chi connectivity index (χ0n) is 20.0. The molecule has 2 rings (SSSR count). The van der Waals surface area contributed by atoms with Gasteiger partial charge in [-0.05, 0) is 73.9 Å². The molecule has 0 bridgehead atoms. The Hall–Kier alpha value is -2.51. The van der Waals surface area contributed by atoms with E-state index in [1.807, 2.05) is 20.8 Å². The van der Waals surface area contributed by atoms with E-state index in [4.69, 9.17) is 0 Å². The number of aryl methyl sites for hydroxylation is 1. The van der Waals surface area contributed by atoms with Crippen molar-refractivity contribution < 1.29 is 17.6 Å². The van der Waals surface area contributed by atoms with Gasteiger partial charge in [-0.2, -0.15) is 13.2 Å². The summed E-state index contributed by atoms with van der Waals surface area (Å²) in [5, 5.41) is 6.74. The van der Waals surface area contributed by atoms with E-state index in [0.717, 1.165) is 44.3 Å². The molecule has 2 atom stereocenters. The predicted octanol–water partition coefficient (Wildman–Crippen LogP) is 7.77. The van der Waals surface area contributed by atoms with Crippen LogP contribution in [0.3, 0.4) is 0 Å². The summed E-state index contributed by atoms with van der Waals surface area (Å²) in [4.78, 5) is 2.03. The third-order valence-electron chi connectivity index (χ3n) is 5.34. The molecule has 0 saturated carbocycles. The van der Waals surface area contributed by atoms with Crippen LogP contribution in [0.5, 0.6) is 0 Å². The van der Waals surface area contributed by atoms with Gasteiger partial charge in [0, 0.05) is 23.7 Å². The fourth-order valence-electron chi connectivity index (χ4n) is 3.57. The number of halogens is 4. The second kappa shape index (κ2) is 12.3. The lowest BCUT2D eigenvalue weighted by atomic mass is 9.98. The highest BCUT2D eigenvalue weighted by molar-refractivity contribution is 8.06. The van der Waals surface area contributed by atoms with Gasteiger partial charge in [-0.25, -0.2) is 4.39 Å². The van der Waals surface area contributed by atoms with Gasteiger partial charge in [0.25, 0.3) is 0 Å². The second-order valence-corrected chi connectivity index (χ2v) is 9.72. The molecule has 0 spiro atoms. The van der Waals surface area contributed by atoms with Crippen molar-refractivity contribution in [2.24, 2.45) is 0 Å². The van der Waals surface area contributed by atoms with Crippen molar-refractivity contribution in [1.82, 2.24) is 10.6 Å². The Kier molecular flexibility index (Phi) is 10.0. The van der Waals surface area contributed by atoms with Crippen LogP contribution >= 0.6 is 11.8 Å². The van der Waals surface area contributed by atoms with E-state index in [-0.39, 0.29) is 17.9 Å². The fraction of sp³-hybridized carbons (Fsp3) is 0.333. The quantitative estimate of drug-likeness (QED) is 0.313. The molecule has 34 heavy (non-hydrogen) atoms. The zero-order valence-corrected chi connectivity index (χ0v) is 20.8. The van der Waals surface area contributed by atoms with Crippen molar-refractivity contribution in [3.05, 3.63) is 105 Å². The maximum absolute atomic E-state index is 13.5. The highest BCUT2D eigenvalue weighted by Crippen LogP contribution is 2.34. The first kappa shape index (κ1) is 27.7. The lowest BCUT2D eigenvalue weighted by molar-refractivity contribution is -0.137. The minimum atomic E-state index is -4.36. The Labute approximate surface area is 204 Å². The van der Waals surface area contributed by atoms with Crippen molar-refractivity contribution in [2.75, 3.05) is 7.05 Å². The molecule has 0 aliphatic rings. The summed E-state index contributed by atoms with van der Waals surface area (Å²) in [6, 6.07) is 11.1. The summed E-state index contributed by atoms with van der Waals surface area (Å²) in [7, 11) is 1.78. The second-order valence-electron chi connectivity index (χ2n) is 8.38. The highest BCUT2D eigenvalue weighted by atomic mass is 32.2. The molecule has 2 nitrogen and oxygen atoms in total. The number of allylic oxidation sites excluding steroid dienone is 2. The van der Waals surface area contributed by atoms with E-state index in [1.54, 1.807) is 30.9 Å². The molecule has 2 N–H and O–H groups in total. The molecule has 0 radical (unpaired) electrons. The Morgan fingerprint density at radius 3 is 2.03 bits per heavy atom. The van der Waals surface area contributed by atoms with Crippen LogP contribution in [0.4, 0.5) is 17.6 Å². The molecular formula is C27H32F4N2S. The van der Waals surface area contributed by atoms with E-state index in [0.29, 0.717) is 12.8 Å². The molecule has 184 valence electrons. The van der Waals surface area contributed by atoms with Crippen LogP contribution in [-0.4, -0.2) is 13.1 Å². The fourth-order valence-corrected chi connectivity index (χ4v) is 4.48. The molecule has 0 saturated heterocycles. The molecule has 0 amide bonds. The molecule has 0 aromatic heterocycles. The highest BCUT2D eigenvalue weighted by Gasteiger charge is 2.30. The summed E-state index contributed by atoms with van der Waals surface area (Å²) >= 11 is 1.58. The summed E-state index contributed by atoms with van der Waals surface area (Å²) in [5.41, 5.74) is 2.86. The number of thioether (sulfide) groups is 1. The largest absolute Gasteiger partial charge is 0.416 e. The van der Waals surface area contributed by atoms with Gasteiger partial charge in [0.1, 0.15) is 5.82 Å². The van der Waals surface area contributed by atoms with Crippen molar-refractivity contribution in [2.45, 2.75) is 51.9 Å². The van der Waals surface area contributed by atoms with E-state index < -0.39 is 11.7 Å².